The Morgan fingerprint density at radius 2 is 1.61 bits per heavy atom. The van der Waals surface area contributed by atoms with E-state index in [-0.39, 0.29) is 0 Å². The Labute approximate surface area is 261 Å². The first-order valence-corrected chi connectivity index (χ1v) is 16.3. The second kappa shape index (κ2) is 11.1. The molecule has 216 valence electrons. The topological polar surface area (TPSA) is 63.9 Å². The fourth-order valence-corrected chi connectivity index (χ4v) is 8.40. The van der Waals surface area contributed by atoms with Gasteiger partial charge in [0.1, 0.15) is 11.3 Å². The van der Waals surface area contributed by atoms with Crippen molar-refractivity contribution in [1.82, 2.24) is 0 Å². The van der Waals surface area contributed by atoms with Crippen LogP contribution in [0.3, 0.4) is 0 Å². The largest absolute Gasteiger partial charge is 0.460 e. The average Bonchev–Trinajstić information content (AvgIpc) is 3.64. The first-order chi connectivity index (χ1) is 21.7. The number of allylic oxidation sites excluding steroid dienone is 4. The molecule has 0 amide bonds. The Kier molecular flexibility index (Phi) is 6.76. The van der Waals surface area contributed by atoms with Crippen LogP contribution in [0, 0.1) is 5.92 Å². The molecule has 5 heteroatoms. The number of hydrogen-bond acceptors (Lipinski definition) is 4. The average molecular weight is 592 g/mol. The van der Waals surface area contributed by atoms with Crippen molar-refractivity contribution in [3.05, 3.63) is 135 Å². The zero-order valence-electron chi connectivity index (χ0n) is 24.7. The van der Waals surface area contributed by atoms with Gasteiger partial charge in [-0.15, -0.1) is 11.3 Å². The smallest absolute Gasteiger partial charge is 0.179 e. The minimum absolute atomic E-state index is 0.525. The van der Waals surface area contributed by atoms with Crippen LogP contribution in [0.25, 0.3) is 39.3 Å². The van der Waals surface area contributed by atoms with Gasteiger partial charge in [0.15, 0.2) is 5.84 Å². The van der Waals surface area contributed by atoms with Crippen LogP contribution in [-0.4, -0.2) is 11.5 Å². The molecule has 0 saturated heterocycles. The van der Waals surface area contributed by atoms with Gasteiger partial charge in [-0.25, -0.2) is 4.99 Å². The van der Waals surface area contributed by atoms with Crippen molar-refractivity contribution in [3.63, 3.8) is 0 Å². The Hall–Kier alpha value is -4.74. The number of amidine groups is 1. The van der Waals surface area contributed by atoms with Crippen LogP contribution in [-0.2, 0) is 19.3 Å². The van der Waals surface area contributed by atoms with Crippen LogP contribution >= 0.6 is 11.3 Å². The monoisotopic (exact) mass is 591 g/mol. The SMILES string of the molecule is CC1C=Cc2c(sc3c2C(/C(=N\C(=N/N)C2=CCCc4oc5cccc(-c6ccccc6)c5c42)c2ccccc2)=CCC3)C1. The van der Waals surface area contributed by atoms with Gasteiger partial charge in [0.2, 0.25) is 0 Å². The number of furan rings is 1. The van der Waals surface area contributed by atoms with Gasteiger partial charge in [-0.05, 0) is 54.4 Å². The molecule has 0 radical (unpaired) electrons. The predicted octanol–water partition coefficient (Wildman–Crippen LogP) is 9.49. The fourth-order valence-electron chi connectivity index (χ4n) is 6.94. The molecule has 0 fully saturated rings. The number of hydrazone groups is 1. The molecule has 1 unspecified atom stereocenters. The molecule has 3 aromatic carbocycles. The molecule has 0 saturated carbocycles. The maximum atomic E-state index is 6.49. The van der Waals surface area contributed by atoms with Crippen molar-refractivity contribution in [2.24, 2.45) is 21.9 Å². The van der Waals surface area contributed by atoms with Gasteiger partial charge >= 0.3 is 0 Å². The summed E-state index contributed by atoms with van der Waals surface area (Å²) in [5, 5.41) is 5.47. The van der Waals surface area contributed by atoms with Gasteiger partial charge in [-0.3, -0.25) is 0 Å². The van der Waals surface area contributed by atoms with E-state index in [4.69, 9.17) is 15.3 Å². The molecule has 5 aromatic rings. The zero-order chi connectivity index (χ0) is 29.6. The minimum Gasteiger partial charge on any atom is -0.460 e. The molecule has 1 atom stereocenters. The Balaban J connectivity index is 1.31. The van der Waals surface area contributed by atoms with Gasteiger partial charge in [0, 0.05) is 49.4 Å². The molecule has 44 heavy (non-hydrogen) atoms. The Morgan fingerprint density at radius 1 is 0.841 bits per heavy atom. The number of aryl methyl sites for hydroxylation is 2. The molecule has 2 aromatic heterocycles. The Morgan fingerprint density at radius 3 is 2.43 bits per heavy atom. The predicted molar refractivity (Wildman–Crippen MR) is 185 cm³/mol. The van der Waals surface area contributed by atoms with Crippen molar-refractivity contribution in [2.45, 2.75) is 39.0 Å². The summed E-state index contributed by atoms with van der Waals surface area (Å²) in [6.07, 6.45) is 14.1. The molecule has 0 bridgehead atoms. The van der Waals surface area contributed by atoms with E-state index >= 15 is 0 Å². The number of nitrogens with zero attached hydrogens (tertiary/aromatic N) is 2. The summed E-state index contributed by atoms with van der Waals surface area (Å²) >= 11 is 1.98. The summed E-state index contributed by atoms with van der Waals surface area (Å²) in [6, 6.07) is 27.3. The van der Waals surface area contributed by atoms with E-state index in [0.717, 1.165) is 82.4 Å². The quantitative estimate of drug-likeness (QED) is 0.0979. The lowest BCUT2D eigenvalue weighted by molar-refractivity contribution is 0.546. The lowest BCUT2D eigenvalue weighted by Gasteiger charge is -2.20. The van der Waals surface area contributed by atoms with Crippen LogP contribution in [0.15, 0.2) is 112 Å². The summed E-state index contributed by atoms with van der Waals surface area (Å²) < 4.78 is 6.49. The van der Waals surface area contributed by atoms with E-state index in [9.17, 15) is 0 Å². The highest BCUT2D eigenvalue weighted by atomic mass is 32.1. The molecule has 8 rings (SSSR count). The fraction of sp³-hybridized carbons (Fsp3) is 0.179. The van der Waals surface area contributed by atoms with E-state index in [1.807, 2.05) is 17.4 Å². The summed E-state index contributed by atoms with van der Waals surface area (Å²) in [5.41, 5.74) is 11.0. The van der Waals surface area contributed by atoms with E-state index < -0.39 is 0 Å². The maximum absolute atomic E-state index is 6.49. The second-order valence-electron chi connectivity index (χ2n) is 11.8. The van der Waals surface area contributed by atoms with Crippen LogP contribution in [0.1, 0.15) is 57.5 Å². The highest BCUT2D eigenvalue weighted by Crippen LogP contribution is 2.44. The molecule has 0 aliphatic heterocycles. The summed E-state index contributed by atoms with van der Waals surface area (Å²) in [4.78, 5) is 8.32. The Bertz CT molecular complexity index is 2050. The number of fused-ring (bicyclic) bond motifs is 6. The highest BCUT2D eigenvalue weighted by molar-refractivity contribution is 7.12. The van der Waals surface area contributed by atoms with Crippen molar-refractivity contribution in [3.8, 4) is 11.1 Å². The van der Waals surface area contributed by atoms with Gasteiger partial charge < -0.3 is 10.3 Å². The van der Waals surface area contributed by atoms with Crippen LogP contribution in [0.2, 0.25) is 0 Å². The van der Waals surface area contributed by atoms with Crippen LogP contribution in [0.5, 0.6) is 0 Å². The molecule has 2 N–H and O–H groups in total. The lowest BCUT2D eigenvalue weighted by atomic mass is 9.85. The lowest BCUT2D eigenvalue weighted by Crippen LogP contribution is -2.15. The molecule has 2 heterocycles. The number of rotatable bonds is 4. The highest BCUT2D eigenvalue weighted by Gasteiger charge is 2.30. The maximum Gasteiger partial charge on any atom is 0.179 e. The van der Waals surface area contributed by atoms with Crippen molar-refractivity contribution in [1.29, 1.82) is 0 Å². The zero-order valence-corrected chi connectivity index (χ0v) is 25.5. The first kappa shape index (κ1) is 26.9. The summed E-state index contributed by atoms with van der Waals surface area (Å²) in [5.74, 6) is 8.31. The minimum atomic E-state index is 0.525. The third-order valence-electron chi connectivity index (χ3n) is 8.93. The van der Waals surface area contributed by atoms with E-state index in [1.54, 1.807) is 0 Å². The standard InChI is InChI=1S/C39H33N3OS/c1-24-21-22-28-34(23-24)44-33-20-10-16-29(35(28)33)38(26-13-6-3-7-14-26)41-39(42-40)30-17-9-19-32-37(30)36-27(15-8-18-31(36)43-32)25-11-4-2-5-12-25/h2-8,11-18,21-22,24H,9-10,19-20,23,40H2,1H3/b41-38-,42-39-. The molecule has 3 aliphatic carbocycles. The van der Waals surface area contributed by atoms with Gasteiger partial charge in [-0.2, -0.15) is 5.10 Å². The summed E-state index contributed by atoms with van der Waals surface area (Å²) in [7, 11) is 0. The van der Waals surface area contributed by atoms with Crippen LogP contribution in [0.4, 0.5) is 0 Å². The van der Waals surface area contributed by atoms with Crippen molar-refractivity contribution in [2.75, 3.05) is 0 Å². The molecular formula is C39H33N3OS. The second-order valence-corrected chi connectivity index (χ2v) is 13.0. The third-order valence-corrected chi connectivity index (χ3v) is 10.2. The number of benzene rings is 3. The van der Waals surface area contributed by atoms with Gasteiger partial charge in [-0.1, -0.05) is 104 Å². The first-order valence-electron chi connectivity index (χ1n) is 15.5. The molecular weight excluding hydrogens is 559 g/mol. The van der Waals surface area contributed by atoms with Crippen LogP contribution < -0.4 is 5.84 Å². The van der Waals surface area contributed by atoms with Crippen molar-refractivity contribution < 1.29 is 4.42 Å². The number of aliphatic imine (C=N–C) groups is 1. The number of hydrogen-bond donors (Lipinski definition) is 1. The molecule has 0 spiro atoms. The van der Waals surface area contributed by atoms with Gasteiger partial charge in [0.25, 0.3) is 0 Å². The number of thiophene rings is 1. The van der Waals surface area contributed by atoms with E-state index in [1.165, 1.54) is 26.5 Å². The van der Waals surface area contributed by atoms with E-state index in [0.29, 0.717) is 11.8 Å². The van der Waals surface area contributed by atoms with Crippen molar-refractivity contribution >= 4 is 51.1 Å². The van der Waals surface area contributed by atoms with E-state index in [2.05, 4.69) is 109 Å². The summed E-state index contributed by atoms with van der Waals surface area (Å²) in [6.45, 7) is 2.30. The number of nitrogens with two attached hydrogens (primary N) is 1. The van der Waals surface area contributed by atoms with Gasteiger partial charge in [0.05, 0.1) is 5.71 Å². The molecule has 3 aliphatic rings. The third kappa shape index (κ3) is 4.51. The molecule has 4 nitrogen and oxygen atoms in total. The normalized spacial score (nSPS) is 18.0.